The zero-order valence-electron chi connectivity index (χ0n) is 17.5. The lowest BCUT2D eigenvalue weighted by atomic mass is 10.1. The van der Waals surface area contributed by atoms with Gasteiger partial charge in [-0.1, -0.05) is 23.7 Å². The van der Waals surface area contributed by atoms with Crippen LogP contribution in [0, 0.1) is 0 Å². The Labute approximate surface area is 183 Å². The number of hydrogen-bond acceptors (Lipinski definition) is 4. The molecule has 1 aliphatic rings. The minimum absolute atomic E-state index is 0.0144. The number of halogens is 1. The van der Waals surface area contributed by atoms with Gasteiger partial charge in [-0.3, -0.25) is 9.59 Å². The van der Waals surface area contributed by atoms with Gasteiger partial charge < -0.3 is 19.4 Å². The topological polar surface area (TPSA) is 53.1 Å². The Bertz CT molecular complexity index is 862. The van der Waals surface area contributed by atoms with Crippen molar-refractivity contribution in [2.45, 2.75) is 12.8 Å². The van der Waals surface area contributed by atoms with Crippen LogP contribution < -0.4 is 9.64 Å². The highest BCUT2D eigenvalue weighted by atomic mass is 35.5. The number of rotatable bonds is 7. The monoisotopic (exact) mass is 429 g/mol. The fourth-order valence-corrected chi connectivity index (χ4v) is 3.56. The van der Waals surface area contributed by atoms with Gasteiger partial charge in [0.25, 0.3) is 5.91 Å². The molecule has 0 radical (unpaired) electrons. The molecule has 1 heterocycles. The second-order valence-corrected chi connectivity index (χ2v) is 7.90. The van der Waals surface area contributed by atoms with Crippen LogP contribution >= 0.6 is 11.6 Å². The Morgan fingerprint density at radius 1 is 0.967 bits per heavy atom. The van der Waals surface area contributed by atoms with Crippen LogP contribution in [-0.2, 0) is 4.79 Å². The normalized spacial score (nSPS) is 13.8. The molecule has 0 atom stereocenters. The summed E-state index contributed by atoms with van der Waals surface area (Å²) in [5.74, 6) is 0.748. The fourth-order valence-electron chi connectivity index (χ4n) is 3.37. The number of hydrogen-bond donors (Lipinski definition) is 0. The first kappa shape index (κ1) is 22.0. The highest BCUT2D eigenvalue weighted by molar-refractivity contribution is 6.32. The predicted octanol–water partition coefficient (Wildman–Crippen LogP) is 3.55. The minimum Gasteiger partial charge on any atom is -0.492 e. The predicted molar refractivity (Wildman–Crippen MR) is 119 cm³/mol. The van der Waals surface area contributed by atoms with Crippen molar-refractivity contribution in [3.05, 3.63) is 59.1 Å². The first-order chi connectivity index (χ1) is 14.5. The molecule has 0 N–H and O–H groups in total. The van der Waals surface area contributed by atoms with Crippen LogP contribution in [0.4, 0.5) is 5.69 Å². The van der Waals surface area contributed by atoms with E-state index in [-0.39, 0.29) is 11.8 Å². The smallest absolute Gasteiger partial charge is 0.253 e. The number of ether oxygens (including phenoxy) is 1. The number of carbonyl (C=O) groups excluding carboxylic acids is 2. The summed E-state index contributed by atoms with van der Waals surface area (Å²) in [5.41, 5.74) is 1.73. The van der Waals surface area contributed by atoms with Gasteiger partial charge in [0.15, 0.2) is 0 Å². The van der Waals surface area contributed by atoms with E-state index in [0.29, 0.717) is 62.0 Å². The van der Waals surface area contributed by atoms with E-state index in [9.17, 15) is 9.59 Å². The maximum absolute atomic E-state index is 12.7. The molecule has 160 valence electrons. The summed E-state index contributed by atoms with van der Waals surface area (Å²) in [6, 6.07) is 14.9. The van der Waals surface area contributed by atoms with Crippen LogP contribution in [0.25, 0.3) is 0 Å². The second kappa shape index (κ2) is 10.3. The number of nitrogens with zero attached hydrogens (tertiary/aromatic N) is 3. The van der Waals surface area contributed by atoms with Gasteiger partial charge in [0, 0.05) is 57.9 Å². The quantitative estimate of drug-likeness (QED) is 0.631. The molecule has 2 amide bonds. The van der Waals surface area contributed by atoms with Crippen molar-refractivity contribution in [2.75, 3.05) is 51.8 Å². The lowest BCUT2D eigenvalue weighted by molar-refractivity contribution is -0.132. The van der Waals surface area contributed by atoms with Crippen LogP contribution in [0.3, 0.4) is 0 Å². The molecule has 0 aliphatic carbocycles. The Kier molecular flexibility index (Phi) is 7.57. The average Bonchev–Trinajstić information content (AvgIpc) is 2.77. The van der Waals surface area contributed by atoms with E-state index in [1.165, 1.54) is 0 Å². The first-order valence-electron chi connectivity index (χ1n) is 10.2. The van der Waals surface area contributed by atoms with E-state index in [0.717, 1.165) is 5.69 Å². The van der Waals surface area contributed by atoms with Crippen molar-refractivity contribution in [3.63, 3.8) is 0 Å². The molecule has 2 aromatic carbocycles. The molecule has 0 unspecified atom stereocenters. The van der Waals surface area contributed by atoms with Crippen molar-refractivity contribution in [1.29, 1.82) is 0 Å². The van der Waals surface area contributed by atoms with Gasteiger partial charge >= 0.3 is 0 Å². The van der Waals surface area contributed by atoms with Gasteiger partial charge in [-0.15, -0.1) is 0 Å². The maximum atomic E-state index is 12.7. The molecule has 0 spiro atoms. The molecule has 1 aliphatic heterocycles. The number of piperazine rings is 1. The molecule has 7 heteroatoms. The summed E-state index contributed by atoms with van der Waals surface area (Å²) in [6.45, 7) is 2.67. The third-order valence-corrected chi connectivity index (χ3v) is 5.49. The highest BCUT2D eigenvalue weighted by Gasteiger charge is 2.24. The summed E-state index contributed by atoms with van der Waals surface area (Å²) in [4.78, 5) is 30.8. The van der Waals surface area contributed by atoms with Gasteiger partial charge in [0.1, 0.15) is 5.75 Å². The van der Waals surface area contributed by atoms with Crippen molar-refractivity contribution in [3.8, 4) is 5.75 Å². The lowest BCUT2D eigenvalue weighted by Gasteiger charge is -2.35. The van der Waals surface area contributed by atoms with Crippen LogP contribution in [0.15, 0.2) is 48.5 Å². The summed E-state index contributed by atoms with van der Waals surface area (Å²) in [6.07, 6.45) is 1.05. The van der Waals surface area contributed by atoms with Gasteiger partial charge in [-0.25, -0.2) is 0 Å². The zero-order valence-corrected chi connectivity index (χ0v) is 18.3. The van der Waals surface area contributed by atoms with Crippen LogP contribution in [0.1, 0.15) is 23.2 Å². The number of amides is 2. The molecule has 30 heavy (non-hydrogen) atoms. The maximum Gasteiger partial charge on any atom is 0.253 e. The third kappa shape index (κ3) is 5.66. The number of anilines is 1. The molecular weight excluding hydrogens is 402 g/mol. The minimum atomic E-state index is 0.0144. The number of para-hydroxylation sites is 1. The molecular formula is C23H28ClN3O3. The van der Waals surface area contributed by atoms with E-state index in [1.807, 2.05) is 71.3 Å². The van der Waals surface area contributed by atoms with Gasteiger partial charge in [-0.2, -0.15) is 0 Å². The third-order valence-electron chi connectivity index (χ3n) is 5.18. The van der Waals surface area contributed by atoms with E-state index in [2.05, 4.69) is 0 Å². The van der Waals surface area contributed by atoms with Crippen molar-refractivity contribution < 1.29 is 14.3 Å². The Hall–Kier alpha value is -2.73. The number of carbonyl (C=O) groups is 2. The van der Waals surface area contributed by atoms with Crippen molar-refractivity contribution >= 4 is 29.1 Å². The van der Waals surface area contributed by atoms with Crippen LogP contribution in [-0.4, -0.2) is 68.5 Å². The Balaban J connectivity index is 1.40. The van der Waals surface area contributed by atoms with Crippen LogP contribution in [0.5, 0.6) is 5.75 Å². The number of benzene rings is 2. The summed E-state index contributed by atoms with van der Waals surface area (Å²) in [5, 5.41) is 0.570. The Morgan fingerprint density at radius 3 is 2.23 bits per heavy atom. The van der Waals surface area contributed by atoms with E-state index < -0.39 is 0 Å². The van der Waals surface area contributed by atoms with Gasteiger partial charge in [0.05, 0.1) is 11.6 Å². The molecule has 0 aromatic heterocycles. The van der Waals surface area contributed by atoms with Crippen LogP contribution in [0.2, 0.25) is 5.02 Å². The molecule has 2 aromatic rings. The summed E-state index contributed by atoms with van der Waals surface area (Å²) < 4.78 is 5.64. The summed E-state index contributed by atoms with van der Waals surface area (Å²) >= 11 is 6.06. The van der Waals surface area contributed by atoms with E-state index in [1.54, 1.807) is 6.07 Å². The fraction of sp³-hybridized carbons (Fsp3) is 0.391. The van der Waals surface area contributed by atoms with Gasteiger partial charge in [-0.05, 0) is 42.8 Å². The first-order valence-corrected chi connectivity index (χ1v) is 10.6. The van der Waals surface area contributed by atoms with Crippen molar-refractivity contribution in [2.24, 2.45) is 0 Å². The molecule has 1 saturated heterocycles. The summed E-state index contributed by atoms with van der Waals surface area (Å²) in [7, 11) is 3.94. The highest BCUT2D eigenvalue weighted by Crippen LogP contribution is 2.23. The van der Waals surface area contributed by atoms with Crippen molar-refractivity contribution in [1.82, 2.24) is 9.80 Å². The molecule has 0 saturated carbocycles. The molecule has 0 bridgehead atoms. The zero-order chi connectivity index (χ0) is 21.5. The van der Waals surface area contributed by atoms with E-state index in [4.69, 9.17) is 16.3 Å². The molecule has 6 nitrogen and oxygen atoms in total. The lowest BCUT2D eigenvalue weighted by Crippen LogP contribution is -2.50. The SMILES string of the molecule is CN(C)c1ccc(C(=O)N2CCN(C(=O)CCCOc3ccccc3Cl)CC2)cc1. The average molecular weight is 430 g/mol. The molecule has 3 rings (SSSR count). The molecule has 1 fully saturated rings. The largest absolute Gasteiger partial charge is 0.492 e. The Morgan fingerprint density at radius 2 is 1.60 bits per heavy atom. The standard InChI is InChI=1S/C23H28ClN3O3/c1-25(2)19-11-9-18(10-12-19)23(29)27-15-13-26(14-16-27)22(28)8-5-17-30-21-7-4-3-6-20(21)24/h3-4,6-7,9-12H,5,8,13-17H2,1-2H3. The second-order valence-electron chi connectivity index (χ2n) is 7.50. The van der Waals surface area contributed by atoms with E-state index >= 15 is 0 Å². The van der Waals surface area contributed by atoms with Gasteiger partial charge in [0.2, 0.25) is 5.91 Å².